The Hall–Kier alpha value is -0.950. The summed E-state index contributed by atoms with van der Waals surface area (Å²) >= 11 is 0. The van der Waals surface area contributed by atoms with Crippen molar-refractivity contribution in [2.75, 3.05) is 12.4 Å². The average Bonchev–Trinajstić information content (AvgIpc) is 2.58. The van der Waals surface area contributed by atoms with Crippen molar-refractivity contribution in [1.29, 1.82) is 0 Å². The monoisotopic (exact) mass is 382 g/mol. The van der Waals surface area contributed by atoms with Gasteiger partial charge >= 0.3 is 0 Å². The van der Waals surface area contributed by atoms with Crippen molar-refractivity contribution in [2.24, 2.45) is 11.3 Å². The van der Waals surface area contributed by atoms with Crippen molar-refractivity contribution in [3.05, 3.63) is 30.3 Å². The van der Waals surface area contributed by atoms with Gasteiger partial charge in [-0.25, -0.2) is 18.2 Å². The van der Waals surface area contributed by atoms with E-state index in [4.69, 9.17) is 14.5 Å². The van der Waals surface area contributed by atoms with Gasteiger partial charge in [0, 0.05) is 12.8 Å². The van der Waals surface area contributed by atoms with Crippen LogP contribution in [0.3, 0.4) is 0 Å². The van der Waals surface area contributed by atoms with Crippen molar-refractivity contribution >= 4 is 9.84 Å². The molecular formula is C20H30O5S. The lowest BCUT2D eigenvalue weighted by atomic mass is 9.71. The third-order valence-electron chi connectivity index (χ3n) is 5.61. The van der Waals surface area contributed by atoms with E-state index in [2.05, 4.69) is 20.8 Å². The zero-order chi connectivity index (χ0) is 19.1. The second kappa shape index (κ2) is 6.89. The molecule has 0 radical (unpaired) electrons. The van der Waals surface area contributed by atoms with E-state index in [1.165, 1.54) is 0 Å². The van der Waals surface area contributed by atoms with Gasteiger partial charge in [0.1, 0.15) is 5.60 Å². The predicted octanol–water partition coefficient (Wildman–Crippen LogP) is 4.13. The van der Waals surface area contributed by atoms with Crippen LogP contribution in [0.4, 0.5) is 0 Å². The highest BCUT2D eigenvalue weighted by molar-refractivity contribution is 7.91. The predicted molar refractivity (Wildman–Crippen MR) is 99.2 cm³/mol. The third kappa shape index (κ3) is 4.30. The van der Waals surface area contributed by atoms with Gasteiger partial charge in [0.15, 0.2) is 9.84 Å². The summed E-state index contributed by atoms with van der Waals surface area (Å²) in [5.74, 6) is -0.269. The van der Waals surface area contributed by atoms with E-state index in [1.54, 1.807) is 37.3 Å². The lowest BCUT2D eigenvalue weighted by Crippen LogP contribution is -2.55. The van der Waals surface area contributed by atoms with Crippen LogP contribution in [-0.2, 0) is 24.3 Å². The molecule has 2 aliphatic rings. The molecule has 1 aliphatic heterocycles. The van der Waals surface area contributed by atoms with Crippen LogP contribution in [0.5, 0.6) is 0 Å². The normalized spacial score (nSPS) is 33.3. The smallest absolute Gasteiger partial charge is 0.201 e. The Balaban J connectivity index is 1.61. The summed E-state index contributed by atoms with van der Waals surface area (Å²) in [5.41, 5.74) is -0.740. The number of rotatable bonds is 3. The van der Waals surface area contributed by atoms with Gasteiger partial charge in [-0.15, -0.1) is 0 Å². The van der Waals surface area contributed by atoms with E-state index in [1.807, 2.05) is 0 Å². The Kier molecular flexibility index (Phi) is 5.25. The highest BCUT2D eigenvalue weighted by atomic mass is 32.2. The van der Waals surface area contributed by atoms with Gasteiger partial charge in [-0.2, -0.15) is 0 Å². The van der Waals surface area contributed by atoms with Gasteiger partial charge in [-0.05, 0) is 43.2 Å². The van der Waals surface area contributed by atoms with E-state index in [-0.39, 0.29) is 22.7 Å². The van der Waals surface area contributed by atoms with E-state index in [0.29, 0.717) is 5.92 Å². The quantitative estimate of drug-likeness (QED) is 0.736. The van der Waals surface area contributed by atoms with Gasteiger partial charge in [-0.1, -0.05) is 39.0 Å². The molecule has 1 saturated heterocycles. The zero-order valence-corrected chi connectivity index (χ0v) is 17.0. The van der Waals surface area contributed by atoms with E-state index in [9.17, 15) is 8.42 Å². The second-order valence-electron chi connectivity index (χ2n) is 9.03. The number of hydrogen-bond donors (Lipinski definition) is 0. The highest BCUT2D eigenvalue weighted by Gasteiger charge is 2.49. The first-order chi connectivity index (χ1) is 12.0. The van der Waals surface area contributed by atoms with Gasteiger partial charge in [0.2, 0.25) is 5.79 Å². The summed E-state index contributed by atoms with van der Waals surface area (Å²) in [6, 6.07) is 8.41. The maximum atomic E-state index is 12.6. The molecule has 0 bridgehead atoms. The molecule has 0 N–H and O–H groups in total. The summed E-state index contributed by atoms with van der Waals surface area (Å²) in [5, 5.41) is 0. The average molecular weight is 383 g/mol. The van der Waals surface area contributed by atoms with E-state index >= 15 is 0 Å². The molecule has 5 nitrogen and oxygen atoms in total. The first kappa shape index (κ1) is 19.8. The fourth-order valence-corrected chi connectivity index (χ4v) is 5.51. The van der Waals surface area contributed by atoms with Crippen molar-refractivity contribution in [3.63, 3.8) is 0 Å². The molecule has 1 unspecified atom stereocenters. The summed E-state index contributed by atoms with van der Waals surface area (Å²) < 4.78 is 31.3. The minimum Gasteiger partial charge on any atom is -0.344 e. The molecule has 1 aromatic rings. The van der Waals surface area contributed by atoms with Crippen molar-refractivity contribution in [1.82, 2.24) is 0 Å². The van der Waals surface area contributed by atoms with Crippen LogP contribution in [0.15, 0.2) is 35.2 Å². The van der Waals surface area contributed by atoms with Crippen molar-refractivity contribution in [3.8, 4) is 0 Å². The number of hydrogen-bond acceptors (Lipinski definition) is 5. The Morgan fingerprint density at radius 1 is 1.08 bits per heavy atom. The molecule has 1 saturated carbocycles. The SMILES string of the molecule is CC1(CS(=O)(=O)c2ccccc2)COC2(CCC(C(C)(C)C)CC2)OO1. The van der Waals surface area contributed by atoms with Crippen LogP contribution in [0, 0.1) is 11.3 Å². The maximum absolute atomic E-state index is 12.6. The minimum atomic E-state index is -3.47. The first-order valence-corrected chi connectivity index (χ1v) is 11.0. The molecule has 1 spiro atoms. The molecule has 0 aromatic heterocycles. The Bertz CT molecular complexity index is 702. The molecular weight excluding hydrogens is 352 g/mol. The van der Waals surface area contributed by atoms with Crippen LogP contribution >= 0.6 is 0 Å². The van der Waals surface area contributed by atoms with E-state index in [0.717, 1.165) is 25.7 Å². The summed E-state index contributed by atoms with van der Waals surface area (Å²) in [4.78, 5) is 11.6. The molecule has 1 atom stereocenters. The molecule has 26 heavy (non-hydrogen) atoms. The van der Waals surface area contributed by atoms with Gasteiger partial charge in [0.25, 0.3) is 0 Å². The van der Waals surface area contributed by atoms with Gasteiger partial charge in [0.05, 0.1) is 17.3 Å². The van der Waals surface area contributed by atoms with Crippen LogP contribution in [-0.4, -0.2) is 32.2 Å². The summed E-state index contributed by atoms with van der Waals surface area (Å²) in [6.45, 7) is 8.72. The number of sulfone groups is 1. The highest BCUT2D eigenvalue weighted by Crippen LogP contribution is 2.45. The lowest BCUT2D eigenvalue weighted by Gasteiger charge is -2.47. The molecule has 3 rings (SSSR count). The second-order valence-corrected chi connectivity index (χ2v) is 11.0. The molecule has 6 heteroatoms. The van der Waals surface area contributed by atoms with Crippen LogP contribution in [0.1, 0.15) is 53.4 Å². The molecule has 1 aromatic carbocycles. The number of ether oxygens (including phenoxy) is 1. The zero-order valence-electron chi connectivity index (χ0n) is 16.2. The van der Waals surface area contributed by atoms with Crippen LogP contribution < -0.4 is 0 Å². The lowest BCUT2D eigenvalue weighted by molar-refractivity contribution is -0.511. The molecule has 0 amide bonds. The van der Waals surface area contributed by atoms with Crippen LogP contribution in [0.25, 0.3) is 0 Å². The van der Waals surface area contributed by atoms with Crippen molar-refractivity contribution < 1.29 is 22.9 Å². The Morgan fingerprint density at radius 3 is 2.19 bits per heavy atom. The fourth-order valence-electron chi connectivity index (χ4n) is 3.84. The fraction of sp³-hybridized carbons (Fsp3) is 0.700. The third-order valence-corrected chi connectivity index (χ3v) is 7.59. The summed E-state index contributed by atoms with van der Waals surface area (Å²) in [6.07, 6.45) is 3.59. The van der Waals surface area contributed by atoms with Crippen molar-refractivity contribution in [2.45, 2.75) is 69.7 Å². The topological polar surface area (TPSA) is 61.8 Å². The standard InChI is InChI=1S/C20H30O5S/c1-18(2,3)16-10-12-20(13-11-16)23-14-19(4,24-25-20)15-26(21,22)17-8-6-5-7-9-17/h5-9,16H,10-15H2,1-4H3. The van der Waals surface area contributed by atoms with Crippen LogP contribution in [0.2, 0.25) is 0 Å². The molecule has 146 valence electrons. The molecule has 1 heterocycles. The summed E-state index contributed by atoms with van der Waals surface area (Å²) in [7, 11) is -3.47. The van der Waals surface area contributed by atoms with E-state index < -0.39 is 21.2 Å². The first-order valence-electron chi connectivity index (χ1n) is 9.32. The largest absolute Gasteiger partial charge is 0.344 e. The van der Waals surface area contributed by atoms with Gasteiger partial charge in [-0.3, -0.25) is 0 Å². The minimum absolute atomic E-state index is 0.176. The Morgan fingerprint density at radius 2 is 1.69 bits per heavy atom. The number of benzene rings is 1. The molecule has 1 aliphatic carbocycles. The maximum Gasteiger partial charge on any atom is 0.201 e. The Labute approximate surface area is 156 Å². The molecule has 2 fully saturated rings. The van der Waals surface area contributed by atoms with Gasteiger partial charge < -0.3 is 4.74 Å².